The summed E-state index contributed by atoms with van der Waals surface area (Å²) in [5.74, 6) is -1.43. The lowest BCUT2D eigenvalue weighted by Crippen LogP contribution is -2.04. The smallest absolute Gasteiger partial charge is 0.166 e. The molecular weight excluding hydrogens is 414 g/mol. The number of hydrogen-bond acceptors (Lipinski definition) is 0. The number of aryl methyl sites for hydroxylation is 1. The van der Waals surface area contributed by atoms with Crippen LogP contribution in [0.15, 0.2) is 60.7 Å². The molecule has 0 saturated carbocycles. The Balaban J connectivity index is 1.67. The molecule has 0 fully saturated rings. The molecule has 0 saturated heterocycles. The van der Waals surface area contributed by atoms with Gasteiger partial charge in [-0.25, -0.2) is 8.78 Å². The third kappa shape index (κ3) is 6.62. The minimum absolute atomic E-state index is 0.287. The third-order valence-electron chi connectivity index (χ3n) is 6.00. The summed E-state index contributed by atoms with van der Waals surface area (Å²) in [4.78, 5) is 0. The molecule has 0 N–H and O–H groups in total. The molecule has 0 aliphatic heterocycles. The van der Waals surface area contributed by atoms with Crippen LogP contribution in [0.5, 0.6) is 0 Å². The Hall–Kier alpha value is -2.26. The molecule has 0 aliphatic rings. The van der Waals surface area contributed by atoms with Crippen LogP contribution < -0.4 is 0 Å². The maximum absolute atomic E-state index is 14.8. The zero-order chi connectivity index (χ0) is 22.9. The van der Waals surface area contributed by atoms with Gasteiger partial charge < -0.3 is 0 Å². The lowest BCUT2D eigenvalue weighted by Gasteiger charge is -2.10. The van der Waals surface area contributed by atoms with Gasteiger partial charge in [0.2, 0.25) is 0 Å². The maximum Gasteiger partial charge on any atom is 0.166 e. The second-order valence-electron chi connectivity index (χ2n) is 9.08. The third-order valence-corrected chi connectivity index (χ3v) is 7.12. The van der Waals surface area contributed by atoms with Crippen LogP contribution in [0.2, 0.25) is 13.1 Å². The summed E-state index contributed by atoms with van der Waals surface area (Å²) in [7, 11) is -0.287. The van der Waals surface area contributed by atoms with Gasteiger partial charge in [-0.3, -0.25) is 0 Å². The van der Waals surface area contributed by atoms with Crippen LogP contribution in [0.25, 0.3) is 22.3 Å². The highest BCUT2D eigenvalue weighted by Crippen LogP contribution is 2.29. The molecule has 0 aliphatic carbocycles. The molecule has 0 bridgehead atoms. The Morgan fingerprint density at radius 2 is 1.19 bits per heavy atom. The summed E-state index contributed by atoms with van der Waals surface area (Å²) in [6, 6.07) is 21.1. The van der Waals surface area contributed by atoms with Gasteiger partial charge in [0, 0.05) is 14.4 Å². The summed E-state index contributed by atoms with van der Waals surface area (Å²) in [5, 5.41) is 0. The molecule has 0 nitrogen and oxygen atoms in total. The van der Waals surface area contributed by atoms with Crippen LogP contribution in [0.3, 0.4) is 0 Å². The van der Waals surface area contributed by atoms with Crippen molar-refractivity contribution in [3.63, 3.8) is 0 Å². The fraction of sp³-hybridized carbons (Fsp3) is 0.379. The van der Waals surface area contributed by atoms with Crippen molar-refractivity contribution in [2.24, 2.45) is 0 Å². The van der Waals surface area contributed by atoms with Crippen LogP contribution in [-0.4, -0.2) is 8.80 Å². The molecule has 0 amide bonds. The fourth-order valence-electron chi connectivity index (χ4n) is 4.17. The topological polar surface area (TPSA) is 0 Å². The second-order valence-corrected chi connectivity index (χ2v) is 11.8. The summed E-state index contributed by atoms with van der Waals surface area (Å²) >= 11 is 0. The summed E-state index contributed by atoms with van der Waals surface area (Å²) in [6.07, 6.45) is 7.45. The van der Waals surface area contributed by atoms with Crippen molar-refractivity contribution in [1.29, 1.82) is 0 Å². The van der Waals surface area contributed by atoms with Crippen molar-refractivity contribution in [1.82, 2.24) is 0 Å². The first-order valence-electron chi connectivity index (χ1n) is 11.9. The molecule has 0 spiro atoms. The highest BCUT2D eigenvalue weighted by atomic mass is 28.3. The Morgan fingerprint density at radius 1 is 0.625 bits per heavy atom. The molecule has 32 heavy (non-hydrogen) atoms. The van der Waals surface area contributed by atoms with Crippen LogP contribution in [-0.2, 0) is 12.5 Å². The lowest BCUT2D eigenvalue weighted by atomic mass is 9.97. The van der Waals surface area contributed by atoms with Crippen molar-refractivity contribution in [2.45, 2.75) is 71.0 Å². The first-order valence-corrected chi connectivity index (χ1v) is 14.7. The quantitative estimate of drug-likeness (QED) is 0.202. The van der Waals surface area contributed by atoms with E-state index in [0.717, 1.165) is 24.0 Å². The van der Waals surface area contributed by atoms with Gasteiger partial charge >= 0.3 is 0 Å². The van der Waals surface area contributed by atoms with Crippen molar-refractivity contribution < 1.29 is 8.78 Å². The zero-order valence-corrected chi connectivity index (χ0v) is 20.7. The highest BCUT2D eigenvalue weighted by Gasteiger charge is 2.14. The molecule has 3 heteroatoms. The average molecular weight is 450 g/mol. The number of unbranched alkanes of at least 4 members (excludes halogenated alkanes) is 5. The van der Waals surface area contributed by atoms with Crippen LogP contribution in [0.1, 0.15) is 56.6 Å². The van der Waals surface area contributed by atoms with Crippen molar-refractivity contribution >= 4 is 8.80 Å². The average Bonchev–Trinajstić information content (AvgIpc) is 2.79. The van der Waals surface area contributed by atoms with Crippen molar-refractivity contribution in [2.75, 3.05) is 0 Å². The Bertz CT molecular complexity index is 975. The Morgan fingerprint density at radius 3 is 1.81 bits per heavy atom. The van der Waals surface area contributed by atoms with Crippen LogP contribution >= 0.6 is 0 Å². The van der Waals surface area contributed by atoms with E-state index in [1.54, 1.807) is 12.1 Å². The Kier molecular flexibility index (Phi) is 9.22. The predicted molar refractivity (Wildman–Crippen MR) is 135 cm³/mol. The van der Waals surface area contributed by atoms with Crippen LogP contribution in [0, 0.1) is 11.6 Å². The summed E-state index contributed by atoms with van der Waals surface area (Å²) in [6.45, 7) is 6.83. The fourth-order valence-corrected chi connectivity index (χ4v) is 5.22. The van der Waals surface area contributed by atoms with E-state index in [1.165, 1.54) is 37.3 Å². The van der Waals surface area contributed by atoms with E-state index in [9.17, 15) is 8.78 Å². The van der Waals surface area contributed by atoms with Gasteiger partial charge in [0.1, 0.15) is 0 Å². The number of benzene rings is 3. The van der Waals surface area contributed by atoms with Gasteiger partial charge in [0.05, 0.1) is 0 Å². The van der Waals surface area contributed by atoms with E-state index in [4.69, 9.17) is 0 Å². The standard InChI is InChI=1S/C29H35F2Si/c1-4-5-6-7-8-9-10-26-19-20-27(29(31)28(26)30)25-17-15-24(16-18-25)23-13-11-22(12-14-23)21-32(2)3/h11-20H,4-10,21H2,1-3H3. The monoisotopic (exact) mass is 449 g/mol. The van der Waals surface area contributed by atoms with Crippen LogP contribution in [0.4, 0.5) is 8.78 Å². The second kappa shape index (κ2) is 12.1. The first-order chi connectivity index (χ1) is 15.5. The van der Waals surface area contributed by atoms with Gasteiger partial charge in [-0.1, -0.05) is 118 Å². The Labute approximate surface area is 194 Å². The van der Waals surface area contributed by atoms with E-state index in [-0.39, 0.29) is 8.80 Å². The van der Waals surface area contributed by atoms with Crippen molar-refractivity contribution in [3.8, 4) is 22.3 Å². The molecule has 0 aromatic heterocycles. The van der Waals surface area contributed by atoms with E-state index < -0.39 is 11.6 Å². The van der Waals surface area contributed by atoms with E-state index >= 15 is 0 Å². The molecule has 3 aromatic rings. The lowest BCUT2D eigenvalue weighted by molar-refractivity contribution is 0.497. The summed E-state index contributed by atoms with van der Waals surface area (Å²) in [5.41, 5.74) is 5.13. The molecular formula is C29H35F2Si. The van der Waals surface area contributed by atoms with Gasteiger partial charge in [0.15, 0.2) is 11.6 Å². The number of halogens is 2. The van der Waals surface area contributed by atoms with Gasteiger partial charge in [-0.05, 0) is 41.1 Å². The number of hydrogen-bond donors (Lipinski definition) is 0. The molecule has 0 atom stereocenters. The van der Waals surface area contributed by atoms with Gasteiger partial charge in [0.25, 0.3) is 0 Å². The van der Waals surface area contributed by atoms with E-state index in [0.29, 0.717) is 23.1 Å². The minimum Gasteiger partial charge on any atom is -0.203 e. The summed E-state index contributed by atoms with van der Waals surface area (Å²) < 4.78 is 29.5. The van der Waals surface area contributed by atoms with Gasteiger partial charge in [-0.2, -0.15) is 0 Å². The van der Waals surface area contributed by atoms with E-state index in [2.05, 4.69) is 44.3 Å². The normalized spacial score (nSPS) is 11.3. The first kappa shape index (κ1) is 24.4. The largest absolute Gasteiger partial charge is 0.203 e. The maximum atomic E-state index is 14.8. The predicted octanol–water partition coefficient (Wildman–Crippen LogP) is 9.04. The molecule has 3 aromatic carbocycles. The molecule has 3 rings (SSSR count). The number of rotatable bonds is 11. The van der Waals surface area contributed by atoms with E-state index in [1.807, 2.05) is 24.3 Å². The van der Waals surface area contributed by atoms with Crippen molar-refractivity contribution in [3.05, 3.63) is 83.4 Å². The molecule has 169 valence electrons. The molecule has 0 heterocycles. The highest BCUT2D eigenvalue weighted by molar-refractivity contribution is 6.55. The molecule has 1 radical (unpaired) electrons. The zero-order valence-electron chi connectivity index (χ0n) is 19.7. The SMILES string of the molecule is CCCCCCCCc1ccc(-c2ccc(-c3ccc(C[Si](C)C)cc3)cc2)c(F)c1F. The molecule has 0 unspecified atom stereocenters. The minimum atomic E-state index is -0.734. The van der Waals surface area contributed by atoms with Gasteiger partial charge in [-0.15, -0.1) is 0 Å².